The van der Waals surface area contributed by atoms with E-state index in [4.69, 9.17) is 5.11 Å². The third kappa shape index (κ3) is 2.13. The van der Waals surface area contributed by atoms with Gasteiger partial charge in [-0.15, -0.1) is 0 Å². The van der Waals surface area contributed by atoms with Gasteiger partial charge in [0.25, 0.3) is 0 Å². The highest BCUT2D eigenvalue weighted by molar-refractivity contribution is 7.91. The lowest BCUT2D eigenvalue weighted by atomic mass is 9.84. The van der Waals surface area contributed by atoms with E-state index in [0.29, 0.717) is 18.9 Å². The molecule has 2 saturated heterocycles. The number of rotatable bonds is 2. The minimum absolute atomic E-state index is 0.0954. The van der Waals surface area contributed by atoms with Crippen molar-refractivity contribution in [2.24, 2.45) is 11.3 Å². The van der Waals surface area contributed by atoms with E-state index in [2.05, 4.69) is 9.97 Å². The second-order valence-electron chi connectivity index (χ2n) is 5.85. The van der Waals surface area contributed by atoms with E-state index in [1.54, 1.807) is 0 Å². The lowest BCUT2D eigenvalue weighted by Gasteiger charge is -2.22. The highest BCUT2D eigenvalue weighted by Gasteiger charge is 2.52. The molecular formula is C12H15N3O4S. The van der Waals surface area contributed by atoms with Crippen molar-refractivity contribution in [1.29, 1.82) is 0 Å². The fourth-order valence-corrected chi connectivity index (χ4v) is 5.74. The molecule has 2 fully saturated rings. The van der Waals surface area contributed by atoms with Crippen LogP contribution in [0.25, 0.3) is 0 Å². The van der Waals surface area contributed by atoms with Crippen molar-refractivity contribution in [3.8, 4) is 0 Å². The SMILES string of the molecule is C[C@]12CN(c3cnc(C(=O)O)cn3)C[C@H]1CS(=O)(=O)C2. The number of fused-ring (bicyclic) bond motifs is 1. The molecule has 3 heterocycles. The van der Waals surface area contributed by atoms with Gasteiger partial charge in [-0.25, -0.2) is 23.2 Å². The number of aromatic nitrogens is 2. The molecule has 20 heavy (non-hydrogen) atoms. The number of sulfone groups is 1. The van der Waals surface area contributed by atoms with Gasteiger partial charge in [0.2, 0.25) is 0 Å². The number of carboxylic acid groups (broad SMARTS) is 1. The molecule has 2 aliphatic rings. The first kappa shape index (κ1) is 13.3. The van der Waals surface area contributed by atoms with Crippen LogP contribution in [0.1, 0.15) is 17.4 Å². The maximum atomic E-state index is 11.7. The Morgan fingerprint density at radius 1 is 1.45 bits per heavy atom. The largest absolute Gasteiger partial charge is 0.476 e. The van der Waals surface area contributed by atoms with Gasteiger partial charge < -0.3 is 10.0 Å². The Morgan fingerprint density at radius 3 is 2.75 bits per heavy atom. The van der Waals surface area contributed by atoms with Crippen molar-refractivity contribution in [2.45, 2.75) is 6.92 Å². The molecule has 0 radical (unpaired) electrons. The highest BCUT2D eigenvalue weighted by Crippen LogP contribution is 2.44. The van der Waals surface area contributed by atoms with E-state index in [1.165, 1.54) is 12.4 Å². The first-order chi connectivity index (χ1) is 9.29. The zero-order chi connectivity index (χ0) is 14.5. The zero-order valence-corrected chi connectivity index (χ0v) is 11.8. The summed E-state index contributed by atoms with van der Waals surface area (Å²) in [6.07, 6.45) is 2.66. The van der Waals surface area contributed by atoms with Gasteiger partial charge in [0, 0.05) is 18.5 Å². The van der Waals surface area contributed by atoms with Crippen LogP contribution in [0.15, 0.2) is 12.4 Å². The predicted octanol–water partition coefficient (Wildman–Crippen LogP) is 0.0457. The van der Waals surface area contributed by atoms with Crippen molar-refractivity contribution < 1.29 is 18.3 Å². The van der Waals surface area contributed by atoms with Crippen LogP contribution in [0.2, 0.25) is 0 Å². The minimum Gasteiger partial charge on any atom is -0.476 e. The molecule has 0 amide bonds. The van der Waals surface area contributed by atoms with E-state index in [1.807, 2.05) is 11.8 Å². The summed E-state index contributed by atoms with van der Waals surface area (Å²) in [5.41, 5.74) is -0.339. The van der Waals surface area contributed by atoms with Crippen molar-refractivity contribution in [3.05, 3.63) is 18.1 Å². The molecule has 108 valence electrons. The lowest BCUT2D eigenvalue weighted by molar-refractivity contribution is 0.0690. The Bertz CT molecular complexity index is 658. The monoisotopic (exact) mass is 297 g/mol. The number of anilines is 1. The predicted molar refractivity (Wildman–Crippen MR) is 71.5 cm³/mol. The van der Waals surface area contributed by atoms with E-state index < -0.39 is 15.8 Å². The molecule has 2 atom stereocenters. The average Bonchev–Trinajstić information content (AvgIpc) is 2.75. The van der Waals surface area contributed by atoms with Gasteiger partial charge in [0.1, 0.15) is 5.82 Å². The van der Waals surface area contributed by atoms with Gasteiger partial charge >= 0.3 is 5.97 Å². The Kier molecular flexibility index (Phi) is 2.75. The fraction of sp³-hybridized carbons (Fsp3) is 0.583. The Morgan fingerprint density at radius 2 is 2.20 bits per heavy atom. The summed E-state index contributed by atoms with van der Waals surface area (Å²) in [5.74, 6) is 0.0273. The van der Waals surface area contributed by atoms with E-state index in [0.717, 1.165) is 0 Å². The van der Waals surface area contributed by atoms with Crippen LogP contribution in [0.5, 0.6) is 0 Å². The molecule has 0 unspecified atom stereocenters. The number of carboxylic acids is 1. The molecule has 1 aromatic rings. The maximum Gasteiger partial charge on any atom is 0.356 e. The summed E-state index contributed by atoms with van der Waals surface area (Å²) in [7, 11) is -2.93. The van der Waals surface area contributed by atoms with Crippen LogP contribution in [0.4, 0.5) is 5.82 Å². The number of carbonyl (C=O) groups is 1. The Balaban J connectivity index is 1.80. The van der Waals surface area contributed by atoms with Crippen molar-refractivity contribution in [3.63, 3.8) is 0 Å². The van der Waals surface area contributed by atoms with Gasteiger partial charge in [-0.1, -0.05) is 6.92 Å². The quantitative estimate of drug-likeness (QED) is 0.822. The zero-order valence-electron chi connectivity index (χ0n) is 11.0. The van der Waals surface area contributed by atoms with Gasteiger partial charge in [0.05, 0.1) is 23.9 Å². The Hall–Kier alpha value is -1.70. The summed E-state index contributed by atoms with van der Waals surface area (Å²) >= 11 is 0. The van der Waals surface area contributed by atoms with Gasteiger partial charge in [-0.3, -0.25) is 0 Å². The molecule has 0 saturated carbocycles. The number of aromatic carboxylic acids is 1. The average molecular weight is 297 g/mol. The molecule has 7 nitrogen and oxygen atoms in total. The van der Waals surface area contributed by atoms with Crippen molar-refractivity contribution >= 4 is 21.6 Å². The maximum absolute atomic E-state index is 11.7. The van der Waals surface area contributed by atoms with E-state index in [-0.39, 0.29) is 28.5 Å². The lowest BCUT2D eigenvalue weighted by Crippen LogP contribution is -2.29. The first-order valence-corrected chi connectivity index (χ1v) is 8.12. The second-order valence-corrected chi connectivity index (χ2v) is 7.96. The van der Waals surface area contributed by atoms with Crippen LogP contribution in [0.3, 0.4) is 0 Å². The molecule has 0 bridgehead atoms. The third-order valence-corrected chi connectivity index (χ3v) is 6.17. The highest BCUT2D eigenvalue weighted by atomic mass is 32.2. The molecule has 0 aromatic carbocycles. The van der Waals surface area contributed by atoms with E-state index in [9.17, 15) is 13.2 Å². The molecule has 3 rings (SSSR count). The summed E-state index contributed by atoms with van der Waals surface area (Å²) < 4.78 is 23.4. The molecule has 1 aromatic heterocycles. The summed E-state index contributed by atoms with van der Waals surface area (Å²) in [4.78, 5) is 20.7. The minimum atomic E-state index is -2.93. The normalized spacial score (nSPS) is 31.2. The second kappa shape index (κ2) is 4.15. The topological polar surface area (TPSA) is 100 Å². The smallest absolute Gasteiger partial charge is 0.356 e. The standard InChI is InChI=1S/C12H15N3O4S/c1-12-6-15(4-8(12)5-20(18,19)7-12)10-3-13-9(2-14-10)11(16)17/h2-3,8H,4-7H2,1H3,(H,16,17)/t8-,12+/m0/s1. The number of nitrogens with zero attached hydrogens (tertiary/aromatic N) is 3. The molecule has 8 heteroatoms. The van der Waals surface area contributed by atoms with Gasteiger partial charge in [-0.05, 0) is 5.92 Å². The van der Waals surface area contributed by atoms with Crippen LogP contribution in [0, 0.1) is 11.3 Å². The van der Waals surface area contributed by atoms with Crippen molar-refractivity contribution in [1.82, 2.24) is 9.97 Å². The number of hydrogen-bond donors (Lipinski definition) is 1. The summed E-state index contributed by atoms with van der Waals surface area (Å²) in [6, 6.07) is 0. The third-order valence-electron chi connectivity index (χ3n) is 4.16. The van der Waals surface area contributed by atoms with E-state index >= 15 is 0 Å². The molecule has 0 spiro atoms. The summed E-state index contributed by atoms with van der Waals surface area (Å²) in [5, 5.41) is 8.79. The van der Waals surface area contributed by atoms with Gasteiger partial charge in [0.15, 0.2) is 15.5 Å². The summed E-state index contributed by atoms with van der Waals surface area (Å²) in [6.45, 7) is 3.22. The molecule has 2 aliphatic heterocycles. The molecule has 0 aliphatic carbocycles. The molecule has 1 N–H and O–H groups in total. The van der Waals surface area contributed by atoms with Gasteiger partial charge in [-0.2, -0.15) is 0 Å². The number of hydrogen-bond acceptors (Lipinski definition) is 6. The first-order valence-electron chi connectivity index (χ1n) is 6.30. The van der Waals surface area contributed by atoms with Crippen molar-refractivity contribution in [2.75, 3.05) is 29.5 Å². The van der Waals surface area contributed by atoms with Crippen LogP contribution >= 0.6 is 0 Å². The van der Waals surface area contributed by atoms with Crippen LogP contribution in [-0.4, -0.2) is 54.1 Å². The van der Waals surface area contributed by atoms with Crippen LogP contribution < -0.4 is 4.90 Å². The van der Waals surface area contributed by atoms with Crippen LogP contribution in [-0.2, 0) is 9.84 Å². The fourth-order valence-electron chi connectivity index (χ4n) is 3.17. The molecular weight excluding hydrogens is 282 g/mol. The Labute approximate surface area is 116 Å².